The fourth-order valence-corrected chi connectivity index (χ4v) is 3.89. The predicted molar refractivity (Wildman–Crippen MR) is 123 cm³/mol. The zero-order chi connectivity index (χ0) is 22.0. The zero-order valence-corrected chi connectivity index (χ0v) is 18.7. The van der Waals surface area contributed by atoms with Gasteiger partial charge in [-0.3, -0.25) is 14.2 Å². The van der Waals surface area contributed by atoms with E-state index in [0.29, 0.717) is 34.5 Å². The molecule has 6 nitrogen and oxygen atoms in total. The average molecular weight is 454 g/mol. The van der Waals surface area contributed by atoms with Crippen molar-refractivity contribution in [3.63, 3.8) is 0 Å². The molecule has 0 radical (unpaired) electrons. The molecule has 0 fully saturated rings. The van der Waals surface area contributed by atoms with E-state index < -0.39 is 0 Å². The molecule has 31 heavy (non-hydrogen) atoms. The normalized spacial score (nSPS) is 11.0. The molecule has 158 valence electrons. The zero-order valence-electron chi connectivity index (χ0n) is 17.1. The van der Waals surface area contributed by atoms with Crippen molar-refractivity contribution in [3.8, 4) is 0 Å². The minimum atomic E-state index is -0.226. The lowest BCUT2D eigenvalue weighted by molar-refractivity contribution is 0.102. The topological polar surface area (TPSA) is 64.7 Å². The van der Waals surface area contributed by atoms with E-state index in [2.05, 4.69) is 15.5 Å². The first-order valence-corrected chi connectivity index (χ1v) is 10.5. The highest BCUT2D eigenvalue weighted by Crippen LogP contribution is 2.25. The van der Waals surface area contributed by atoms with Gasteiger partial charge in [-0.05, 0) is 49.7 Å². The molecule has 2 aromatic carbocycles. The Morgan fingerprint density at radius 1 is 0.968 bits per heavy atom. The Hall–Kier alpha value is -3.09. The third kappa shape index (κ3) is 4.98. The maximum absolute atomic E-state index is 12.7. The Morgan fingerprint density at radius 2 is 1.71 bits per heavy atom. The van der Waals surface area contributed by atoms with Gasteiger partial charge in [0.15, 0.2) is 5.82 Å². The summed E-state index contributed by atoms with van der Waals surface area (Å²) in [7, 11) is 0. The van der Waals surface area contributed by atoms with Crippen molar-refractivity contribution in [3.05, 3.63) is 98.9 Å². The molecule has 2 aromatic heterocycles. The summed E-state index contributed by atoms with van der Waals surface area (Å²) in [6, 6.07) is 16.6. The number of rotatable bonds is 6. The predicted octanol–water partition coefficient (Wildman–Crippen LogP) is 5.35. The molecule has 8 heteroatoms. The molecule has 0 atom stereocenters. The number of aryl methyl sites for hydroxylation is 2. The second-order valence-corrected chi connectivity index (χ2v) is 8.15. The number of halogens is 2. The molecule has 0 aliphatic heterocycles. The molecule has 0 aliphatic carbocycles. The molecule has 4 rings (SSSR count). The maximum Gasteiger partial charge on any atom is 0.256 e. The van der Waals surface area contributed by atoms with Crippen LogP contribution in [0.4, 0.5) is 5.82 Å². The standard InChI is InChI=1S/C23H21Cl2N5O/c1-15-11-16(2)30(27-15)13-17-5-3-6-18(12-17)23(31)26-22-9-10-29(28-22)14-19-20(24)7-4-8-21(19)25/h3-12H,13-14H2,1-2H3,(H,26,28,31). The lowest BCUT2D eigenvalue weighted by atomic mass is 10.1. The van der Waals surface area contributed by atoms with Crippen molar-refractivity contribution < 1.29 is 4.79 Å². The lowest BCUT2D eigenvalue weighted by Gasteiger charge is -2.08. The van der Waals surface area contributed by atoms with Gasteiger partial charge < -0.3 is 5.32 Å². The minimum Gasteiger partial charge on any atom is -0.305 e. The van der Waals surface area contributed by atoms with Crippen LogP contribution in [0, 0.1) is 13.8 Å². The van der Waals surface area contributed by atoms with Crippen LogP contribution < -0.4 is 5.32 Å². The van der Waals surface area contributed by atoms with Crippen LogP contribution in [-0.4, -0.2) is 25.5 Å². The maximum atomic E-state index is 12.7. The Morgan fingerprint density at radius 3 is 2.42 bits per heavy atom. The van der Waals surface area contributed by atoms with Crippen LogP contribution in [0.2, 0.25) is 10.0 Å². The quantitative estimate of drug-likeness (QED) is 0.427. The van der Waals surface area contributed by atoms with E-state index in [9.17, 15) is 4.79 Å². The molecule has 2 heterocycles. The lowest BCUT2D eigenvalue weighted by Crippen LogP contribution is -2.14. The summed E-state index contributed by atoms with van der Waals surface area (Å²) < 4.78 is 3.61. The molecule has 0 bridgehead atoms. The van der Waals surface area contributed by atoms with E-state index in [1.54, 1.807) is 41.2 Å². The van der Waals surface area contributed by atoms with Gasteiger partial charge in [-0.15, -0.1) is 0 Å². The number of amides is 1. The monoisotopic (exact) mass is 453 g/mol. The second kappa shape index (κ2) is 8.96. The molecule has 4 aromatic rings. The summed E-state index contributed by atoms with van der Waals surface area (Å²) in [6.45, 7) is 5.00. The summed E-state index contributed by atoms with van der Waals surface area (Å²) in [5.74, 6) is 0.230. The van der Waals surface area contributed by atoms with Crippen molar-refractivity contribution in [1.82, 2.24) is 19.6 Å². The Kier molecular flexibility index (Phi) is 6.11. The first kappa shape index (κ1) is 21.2. The number of hydrogen-bond acceptors (Lipinski definition) is 3. The van der Waals surface area contributed by atoms with Crippen LogP contribution in [-0.2, 0) is 13.1 Å². The molecular weight excluding hydrogens is 433 g/mol. The number of carbonyl (C=O) groups excluding carboxylic acids is 1. The van der Waals surface area contributed by atoms with Crippen LogP contribution >= 0.6 is 23.2 Å². The largest absolute Gasteiger partial charge is 0.305 e. The Bertz CT molecular complexity index is 1220. The van der Waals surface area contributed by atoms with Gasteiger partial charge in [0.2, 0.25) is 0 Å². The number of benzene rings is 2. The van der Waals surface area contributed by atoms with Gasteiger partial charge in [0.1, 0.15) is 0 Å². The number of nitrogens with one attached hydrogen (secondary N) is 1. The third-order valence-electron chi connectivity index (χ3n) is 4.89. The van der Waals surface area contributed by atoms with Crippen molar-refractivity contribution in [2.45, 2.75) is 26.9 Å². The van der Waals surface area contributed by atoms with E-state index >= 15 is 0 Å². The van der Waals surface area contributed by atoms with Gasteiger partial charge in [-0.25, -0.2) is 0 Å². The molecular formula is C23H21Cl2N5O. The van der Waals surface area contributed by atoms with Crippen molar-refractivity contribution in [2.75, 3.05) is 5.32 Å². The van der Waals surface area contributed by atoms with E-state index in [1.807, 2.05) is 42.8 Å². The molecule has 1 amide bonds. The smallest absolute Gasteiger partial charge is 0.256 e. The van der Waals surface area contributed by atoms with Gasteiger partial charge in [-0.2, -0.15) is 10.2 Å². The van der Waals surface area contributed by atoms with E-state index in [-0.39, 0.29) is 5.91 Å². The Balaban J connectivity index is 1.45. The molecule has 1 N–H and O–H groups in total. The summed E-state index contributed by atoms with van der Waals surface area (Å²) in [5, 5.41) is 12.9. The number of anilines is 1. The first-order chi connectivity index (χ1) is 14.9. The number of nitrogens with zero attached hydrogens (tertiary/aromatic N) is 4. The van der Waals surface area contributed by atoms with Crippen LogP contribution in [0.1, 0.15) is 32.9 Å². The fourth-order valence-electron chi connectivity index (χ4n) is 3.37. The van der Waals surface area contributed by atoms with E-state index in [1.165, 1.54) is 0 Å². The fraction of sp³-hybridized carbons (Fsp3) is 0.174. The summed E-state index contributed by atoms with van der Waals surface area (Å²) in [4.78, 5) is 12.7. The summed E-state index contributed by atoms with van der Waals surface area (Å²) in [5.41, 5.74) is 4.39. The average Bonchev–Trinajstić information content (AvgIpc) is 3.30. The van der Waals surface area contributed by atoms with Gasteiger partial charge in [0.05, 0.1) is 18.8 Å². The SMILES string of the molecule is Cc1cc(C)n(Cc2cccc(C(=O)Nc3ccn(Cc4c(Cl)cccc4Cl)n3)c2)n1. The summed E-state index contributed by atoms with van der Waals surface area (Å²) >= 11 is 12.5. The highest BCUT2D eigenvalue weighted by Gasteiger charge is 2.11. The van der Waals surface area contributed by atoms with Gasteiger partial charge in [0.25, 0.3) is 5.91 Å². The van der Waals surface area contributed by atoms with Gasteiger partial charge in [-0.1, -0.05) is 41.4 Å². The number of hydrogen-bond donors (Lipinski definition) is 1. The van der Waals surface area contributed by atoms with Gasteiger partial charge in [0, 0.05) is 39.1 Å². The minimum absolute atomic E-state index is 0.226. The van der Waals surface area contributed by atoms with Crippen molar-refractivity contribution in [2.24, 2.45) is 0 Å². The van der Waals surface area contributed by atoms with Crippen LogP contribution in [0.25, 0.3) is 0 Å². The molecule has 0 unspecified atom stereocenters. The Labute approximate surface area is 190 Å². The third-order valence-corrected chi connectivity index (χ3v) is 5.60. The van der Waals surface area contributed by atoms with E-state index in [0.717, 1.165) is 22.5 Å². The van der Waals surface area contributed by atoms with Crippen LogP contribution in [0.5, 0.6) is 0 Å². The van der Waals surface area contributed by atoms with Crippen molar-refractivity contribution >= 4 is 34.9 Å². The molecule has 0 aliphatic rings. The van der Waals surface area contributed by atoms with Crippen molar-refractivity contribution in [1.29, 1.82) is 0 Å². The second-order valence-electron chi connectivity index (χ2n) is 7.34. The number of aromatic nitrogens is 4. The van der Waals surface area contributed by atoms with Gasteiger partial charge >= 0.3 is 0 Å². The first-order valence-electron chi connectivity index (χ1n) is 9.77. The summed E-state index contributed by atoms with van der Waals surface area (Å²) in [6.07, 6.45) is 1.77. The van der Waals surface area contributed by atoms with Crippen LogP contribution in [0.3, 0.4) is 0 Å². The number of carbonyl (C=O) groups is 1. The molecule has 0 saturated heterocycles. The van der Waals surface area contributed by atoms with E-state index in [4.69, 9.17) is 23.2 Å². The highest BCUT2D eigenvalue weighted by atomic mass is 35.5. The molecule has 0 spiro atoms. The van der Waals surface area contributed by atoms with Crippen LogP contribution in [0.15, 0.2) is 60.8 Å². The highest BCUT2D eigenvalue weighted by molar-refractivity contribution is 6.35. The molecule has 0 saturated carbocycles.